The molecule has 2 aromatic rings. The maximum absolute atomic E-state index is 12.4. The van der Waals surface area contributed by atoms with Crippen LogP contribution in [0.2, 0.25) is 5.02 Å². The van der Waals surface area contributed by atoms with Gasteiger partial charge < -0.3 is 11.1 Å². The number of benzene rings is 1. The fourth-order valence-electron chi connectivity index (χ4n) is 2.92. The Hall–Kier alpha value is -1.85. The van der Waals surface area contributed by atoms with Crippen LogP contribution in [0.1, 0.15) is 36.0 Å². The van der Waals surface area contributed by atoms with Gasteiger partial charge in [-0.2, -0.15) is 5.10 Å². The molecule has 0 aliphatic heterocycles. The lowest BCUT2D eigenvalue weighted by molar-refractivity contribution is 0.0903. The van der Waals surface area contributed by atoms with E-state index in [-0.39, 0.29) is 11.4 Å². The van der Waals surface area contributed by atoms with Crippen molar-refractivity contribution >= 4 is 17.5 Å². The van der Waals surface area contributed by atoms with Crippen LogP contribution in [0.5, 0.6) is 0 Å². The van der Waals surface area contributed by atoms with Gasteiger partial charge in [0.1, 0.15) is 0 Å². The number of carbonyl (C=O) groups is 1. The van der Waals surface area contributed by atoms with Gasteiger partial charge in [-0.15, -0.1) is 0 Å². The van der Waals surface area contributed by atoms with Crippen molar-refractivity contribution in [3.05, 3.63) is 47.2 Å². The van der Waals surface area contributed by atoms with E-state index < -0.39 is 0 Å². The number of hydrogen-bond donors (Lipinski definition) is 2. The van der Waals surface area contributed by atoms with E-state index in [0.717, 1.165) is 31.4 Å². The minimum absolute atomic E-state index is 0.118. The van der Waals surface area contributed by atoms with Crippen molar-refractivity contribution in [1.29, 1.82) is 0 Å². The van der Waals surface area contributed by atoms with Gasteiger partial charge in [0, 0.05) is 17.8 Å². The van der Waals surface area contributed by atoms with Gasteiger partial charge in [-0.05, 0) is 37.1 Å². The number of carbonyl (C=O) groups excluding carboxylic acids is 1. The molecule has 22 heavy (non-hydrogen) atoms. The van der Waals surface area contributed by atoms with Crippen LogP contribution < -0.4 is 11.1 Å². The second-order valence-corrected chi connectivity index (χ2v) is 6.23. The number of aromatic nitrogens is 2. The van der Waals surface area contributed by atoms with Crippen LogP contribution in [-0.4, -0.2) is 27.8 Å². The van der Waals surface area contributed by atoms with Crippen molar-refractivity contribution in [2.45, 2.75) is 31.2 Å². The van der Waals surface area contributed by atoms with E-state index in [1.807, 2.05) is 12.1 Å². The summed E-state index contributed by atoms with van der Waals surface area (Å²) in [6, 6.07) is 7.30. The summed E-state index contributed by atoms with van der Waals surface area (Å²) in [4.78, 5) is 12.4. The molecule has 1 aliphatic carbocycles. The molecule has 116 valence electrons. The molecule has 1 saturated carbocycles. The largest absolute Gasteiger partial charge is 0.345 e. The first-order valence-corrected chi connectivity index (χ1v) is 7.83. The molecule has 0 saturated heterocycles. The molecule has 0 unspecified atom stereocenters. The number of halogens is 1. The minimum atomic E-state index is -0.251. The van der Waals surface area contributed by atoms with Gasteiger partial charge >= 0.3 is 0 Å². The van der Waals surface area contributed by atoms with Crippen molar-refractivity contribution in [3.8, 4) is 5.69 Å². The number of nitrogens with two attached hydrogens (primary N) is 1. The third kappa shape index (κ3) is 3.00. The molecule has 1 aromatic carbocycles. The van der Waals surface area contributed by atoms with E-state index >= 15 is 0 Å². The monoisotopic (exact) mass is 318 g/mol. The van der Waals surface area contributed by atoms with Crippen LogP contribution in [0.15, 0.2) is 36.7 Å². The maximum Gasteiger partial charge on any atom is 0.254 e. The van der Waals surface area contributed by atoms with E-state index in [4.69, 9.17) is 17.3 Å². The highest BCUT2D eigenvalue weighted by Crippen LogP contribution is 2.29. The number of hydrogen-bond acceptors (Lipinski definition) is 3. The number of nitrogens with one attached hydrogen (secondary N) is 1. The third-order valence-electron chi connectivity index (χ3n) is 4.27. The average Bonchev–Trinajstić information content (AvgIpc) is 3.18. The zero-order valence-electron chi connectivity index (χ0n) is 12.3. The molecule has 6 heteroatoms. The Bertz CT molecular complexity index is 659. The maximum atomic E-state index is 12.4. The lowest BCUT2D eigenvalue weighted by Crippen LogP contribution is -2.51. The van der Waals surface area contributed by atoms with Gasteiger partial charge in [0.25, 0.3) is 5.91 Å². The summed E-state index contributed by atoms with van der Waals surface area (Å²) in [5.74, 6) is -0.118. The summed E-state index contributed by atoms with van der Waals surface area (Å²) in [5.41, 5.74) is 7.00. The quantitative estimate of drug-likeness (QED) is 0.909. The van der Waals surface area contributed by atoms with Crippen molar-refractivity contribution < 1.29 is 4.79 Å². The van der Waals surface area contributed by atoms with Crippen molar-refractivity contribution in [2.75, 3.05) is 6.54 Å². The number of nitrogens with zero attached hydrogens (tertiary/aromatic N) is 2. The lowest BCUT2D eigenvalue weighted by Gasteiger charge is -2.28. The van der Waals surface area contributed by atoms with Crippen LogP contribution >= 0.6 is 11.6 Å². The fraction of sp³-hybridized carbons (Fsp3) is 0.375. The number of amides is 1. The van der Waals surface area contributed by atoms with Crippen molar-refractivity contribution in [1.82, 2.24) is 15.1 Å². The van der Waals surface area contributed by atoms with E-state index in [1.54, 1.807) is 29.2 Å². The van der Waals surface area contributed by atoms with Gasteiger partial charge in [0.2, 0.25) is 0 Å². The molecule has 1 aromatic heterocycles. The molecule has 0 bridgehead atoms. The highest BCUT2D eigenvalue weighted by molar-refractivity contribution is 6.30. The van der Waals surface area contributed by atoms with Crippen molar-refractivity contribution in [2.24, 2.45) is 5.73 Å². The molecule has 5 nitrogen and oxygen atoms in total. The van der Waals surface area contributed by atoms with Gasteiger partial charge in [-0.1, -0.05) is 24.4 Å². The molecular formula is C16H19ClN4O. The molecule has 3 rings (SSSR count). The smallest absolute Gasteiger partial charge is 0.254 e. The van der Waals surface area contributed by atoms with Crippen LogP contribution in [0, 0.1) is 0 Å². The zero-order chi connectivity index (χ0) is 15.6. The molecule has 3 N–H and O–H groups in total. The second-order valence-electron chi connectivity index (χ2n) is 5.80. The highest BCUT2D eigenvalue weighted by Gasteiger charge is 2.34. The summed E-state index contributed by atoms with van der Waals surface area (Å²) >= 11 is 5.88. The van der Waals surface area contributed by atoms with Crippen molar-refractivity contribution in [3.63, 3.8) is 0 Å². The Balaban J connectivity index is 1.75. The Morgan fingerprint density at radius 1 is 1.32 bits per heavy atom. The first kappa shape index (κ1) is 15.1. The molecule has 0 atom stereocenters. The minimum Gasteiger partial charge on any atom is -0.345 e. The predicted molar refractivity (Wildman–Crippen MR) is 86.3 cm³/mol. The van der Waals surface area contributed by atoms with Crippen LogP contribution in [0.3, 0.4) is 0 Å². The van der Waals surface area contributed by atoms with E-state index in [9.17, 15) is 4.79 Å². The zero-order valence-corrected chi connectivity index (χ0v) is 13.0. The van der Waals surface area contributed by atoms with Gasteiger partial charge in [-0.25, -0.2) is 4.68 Å². The molecule has 1 amide bonds. The van der Waals surface area contributed by atoms with E-state index in [1.165, 1.54) is 0 Å². The number of rotatable bonds is 4. The predicted octanol–water partition coefficient (Wildman–Crippen LogP) is 2.53. The molecule has 1 fully saturated rings. The summed E-state index contributed by atoms with van der Waals surface area (Å²) in [7, 11) is 0. The van der Waals surface area contributed by atoms with Crippen LogP contribution in [0.25, 0.3) is 5.69 Å². The SMILES string of the molecule is NCC1(NC(=O)c2cnn(-c3ccc(Cl)cc3)c2)CCCC1. The lowest BCUT2D eigenvalue weighted by atomic mass is 9.97. The van der Waals surface area contributed by atoms with Gasteiger partial charge in [0.15, 0.2) is 0 Å². The van der Waals surface area contributed by atoms with Gasteiger partial charge in [-0.3, -0.25) is 4.79 Å². The third-order valence-corrected chi connectivity index (χ3v) is 4.52. The Labute approximate surface area is 134 Å². The summed E-state index contributed by atoms with van der Waals surface area (Å²) in [6.45, 7) is 0.476. The normalized spacial score (nSPS) is 16.6. The molecule has 1 aliphatic rings. The Morgan fingerprint density at radius 3 is 2.64 bits per heavy atom. The summed E-state index contributed by atoms with van der Waals surface area (Å²) < 4.78 is 1.66. The van der Waals surface area contributed by atoms with E-state index in [0.29, 0.717) is 17.1 Å². The Kier molecular flexibility index (Phi) is 4.18. The standard InChI is InChI=1S/C16H19ClN4O/c17-13-3-5-14(6-4-13)21-10-12(9-19-21)15(22)20-16(11-18)7-1-2-8-16/h3-6,9-10H,1-2,7-8,11,18H2,(H,20,22). The molecule has 1 heterocycles. The second kappa shape index (κ2) is 6.10. The molecule has 0 spiro atoms. The van der Waals surface area contributed by atoms with Crippen LogP contribution in [0.4, 0.5) is 0 Å². The fourth-order valence-corrected chi connectivity index (χ4v) is 3.05. The summed E-state index contributed by atoms with van der Waals surface area (Å²) in [5, 5.41) is 8.00. The topological polar surface area (TPSA) is 72.9 Å². The highest BCUT2D eigenvalue weighted by atomic mass is 35.5. The first-order valence-electron chi connectivity index (χ1n) is 7.45. The molecular weight excluding hydrogens is 300 g/mol. The van der Waals surface area contributed by atoms with Gasteiger partial charge in [0.05, 0.1) is 23.0 Å². The Morgan fingerprint density at radius 2 is 2.00 bits per heavy atom. The van der Waals surface area contributed by atoms with E-state index in [2.05, 4.69) is 10.4 Å². The molecule has 0 radical (unpaired) electrons. The van der Waals surface area contributed by atoms with Crippen LogP contribution in [-0.2, 0) is 0 Å². The first-order chi connectivity index (χ1) is 10.6. The average molecular weight is 319 g/mol. The summed E-state index contributed by atoms with van der Waals surface area (Å²) in [6.07, 6.45) is 7.41.